The maximum absolute atomic E-state index is 13.3. The van der Waals surface area contributed by atoms with Crippen molar-refractivity contribution in [2.24, 2.45) is 11.3 Å². The SMILES string of the molecule is O=C(Nc1cc2cc(Br)c(Cl)cc2cn1)C1CC12CCC(F)(F)CC2. The Bertz CT molecular complexity index is 864. The fourth-order valence-electron chi connectivity index (χ4n) is 3.80. The summed E-state index contributed by atoms with van der Waals surface area (Å²) in [5.74, 6) is -2.40. The number of hydrogen-bond acceptors (Lipinski definition) is 2. The van der Waals surface area contributed by atoms with Gasteiger partial charge in [0.15, 0.2) is 0 Å². The Labute approximate surface area is 157 Å². The lowest BCUT2D eigenvalue weighted by atomic mass is 9.82. The molecule has 1 heterocycles. The number of pyridine rings is 1. The van der Waals surface area contributed by atoms with Crippen molar-refractivity contribution in [3.8, 4) is 0 Å². The smallest absolute Gasteiger partial charge is 0.248 e. The van der Waals surface area contributed by atoms with Crippen LogP contribution in [0.25, 0.3) is 10.8 Å². The molecule has 1 spiro atoms. The van der Waals surface area contributed by atoms with Gasteiger partial charge >= 0.3 is 0 Å². The van der Waals surface area contributed by atoms with Crippen LogP contribution in [0.4, 0.5) is 14.6 Å². The van der Waals surface area contributed by atoms with E-state index in [0.29, 0.717) is 30.1 Å². The van der Waals surface area contributed by atoms with E-state index in [9.17, 15) is 13.6 Å². The van der Waals surface area contributed by atoms with Crippen LogP contribution in [-0.4, -0.2) is 16.8 Å². The molecular weight excluding hydrogens is 414 g/mol. The molecule has 1 aromatic heterocycles. The zero-order valence-corrected chi connectivity index (χ0v) is 15.6. The van der Waals surface area contributed by atoms with Gasteiger partial charge in [0.1, 0.15) is 5.82 Å². The van der Waals surface area contributed by atoms with Gasteiger partial charge in [-0.2, -0.15) is 0 Å². The van der Waals surface area contributed by atoms with Crippen molar-refractivity contribution in [3.05, 3.63) is 33.9 Å². The second-order valence-electron chi connectivity index (χ2n) is 7.15. The first-order chi connectivity index (χ1) is 11.8. The van der Waals surface area contributed by atoms with E-state index in [0.717, 1.165) is 15.2 Å². The van der Waals surface area contributed by atoms with Crippen molar-refractivity contribution < 1.29 is 13.6 Å². The minimum Gasteiger partial charge on any atom is -0.310 e. The topological polar surface area (TPSA) is 42.0 Å². The number of nitrogens with one attached hydrogen (secondary N) is 1. The summed E-state index contributed by atoms with van der Waals surface area (Å²) in [5, 5.41) is 5.22. The number of carbonyl (C=O) groups excluding carboxylic acids is 1. The zero-order valence-electron chi connectivity index (χ0n) is 13.3. The summed E-state index contributed by atoms with van der Waals surface area (Å²) in [6.45, 7) is 0. The molecule has 2 fully saturated rings. The van der Waals surface area contributed by atoms with E-state index in [2.05, 4.69) is 26.2 Å². The molecule has 0 radical (unpaired) electrons. The van der Waals surface area contributed by atoms with Gasteiger partial charge in [0.25, 0.3) is 0 Å². The Balaban J connectivity index is 1.47. The van der Waals surface area contributed by atoms with Gasteiger partial charge in [-0.3, -0.25) is 4.79 Å². The van der Waals surface area contributed by atoms with E-state index in [1.165, 1.54) is 0 Å². The third kappa shape index (κ3) is 3.26. The third-order valence-electron chi connectivity index (χ3n) is 5.50. The second-order valence-corrected chi connectivity index (χ2v) is 8.41. The molecule has 0 aliphatic heterocycles. The number of fused-ring (bicyclic) bond motifs is 1. The van der Waals surface area contributed by atoms with Gasteiger partial charge in [-0.15, -0.1) is 0 Å². The van der Waals surface area contributed by atoms with Gasteiger partial charge in [-0.25, -0.2) is 13.8 Å². The minimum atomic E-state index is -2.57. The summed E-state index contributed by atoms with van der Waals surface area (Å²) < 4.78 is 27.4. The number of carbonyl (C=O) groups is 1. The Morgan fingerprint density at radius 2 is 1.92 bits per heavy atom. The van der Waals surface area contributed by atoms with E-state index in [1.54, 1.807) is 18.3 Å². The highest BCUT2D eigenvalue weighted by Crippen LogP contribution is 2.63. The summed E-state index contributed by atoms with van der Waals surface area (Å²) in [4.78, 5) is 16.8. The van der Waals surface area contributed by atoms with Gasteiger partial charge in [0.2, 0.25) is 11.8 Å². The summed E-state index contributed by atoms with van der Waals surface area (Å²) in [6.07, 6.45) is 2.99. The molecular formula is C18H16BrClF2N2O. The first-order valence-corrected chi connectivity index (χ1v) is 9.39. The number of halogens is 4. The molecule has 1 N–H and O–H groups in total. The van der Waals surface area contributed by atoms with Crippen LogP contribution in [0, 0.1) is 11.3 Å². The van der Waals surface area contributed by atoms with Crippen molar-refractivity contribution in [3.63, 3.8) is 0 Å². The number of aromatic nitrogens is 1. The molecule has 2 saturated carbocycles. The predicted octanol–water partition coefficient (Wildman–Crippen LogP) is 5.80. The molecule has 0 saturated heterocycles. The number of alkyl halides is 2. The number of anilines is 1. The highest BCUT2D eigenvalue weighted by molar-refractivity contribution is 9.10. The van der Waals surface area contributed by atoms with Crippen LogP contribution in [0.1, 0.15) is 32.1 Å². The predicted molar refractivity (Wildman–Crippen MR) is 97.0 cm³/mol. The second kappa shape index (κ2) is 5.88. The quantitative estimate of drug-likeness (QED) is 0.655. The molecule has 2 aliphatic carbocycles. The molecule has 1 atom stereocenters. The van der Waals surface area contributed by atoms with Crippen LogP contribution in [0.5, 0.6) is 0 Å². The lowest BCUT2D eigenvalue weighted by Crippen LogP contribution is -2.28. The average molecular weight is 430 g/mol. The first-order valence-electron chi connectivity index (χ1n) is 8.22. The van der Waals surface area contributed by atoms with Crippen LogP contribution in [0.2, 0.25) is 5.02 Å². The largest absolute Gasteiger partial charge is 0.310 e. The molecule has 4 rings (SSSR count). The molecule has 1 aromatic carbocycles. The van der Waals surface area contributed by atoms with Crippen LogP contribution in [0.15, 0.2) is 28.9 Å². The Hall–Kier alpha value is -1.27. The Kier molecular flexibility index (Phi) is 4.03. The van der Waals surface area contributed by atoms with Crippen molar-refractivity contribution in [1.82, 2.24) is 4.98 Å². The molecule has 1 amide bonds. The van der Waals surface area contributed by atoms with Gasteiger partial charge in [0, 0.05) is 34.8 Å². The maximum atomic E-state index is 13.3. The molecule has 2 aromatic rings. The number of benzene rings is 1. The third-order valence-corrected chi connectivity index (χ3v) is 6.69. The lowest BCUT2D eigenvalue weighted by molar-refractivity contribution is -0.119. The highest BCUT2D eigenvalue weighted by Gasteiger charge is 2.60. The van der Waals surface area contributed by atoms with Gasteiger partial charge in [-0.05, 0) is 64.2 Å². The van der Waals surface area contributed by atoms with Crippen LogP contribution < -0.4 is 5.32 Å². The van der Waals surface area contributed by atoms with Crippen LogP contribution >= 0.6 is 27.5 Å². The Morgan fingerprint density at radius 1 is 1.20 bits per heavy atom. The summed E-state index contributed by atoms with van der Waals surface area (Å²) in [6, 6.07) is 5.47. The minimum absolute atomic E-state index is 0.111. The molecule has 0 bridgehead atoms. The fraction of sp³-hybridized carbons (Fsp3) is 0.444. The summed E-state index contributed by atoms with van der Waals surface area (Å²) >= 11 is 9.45. The zero-order chi connectivity index (χ0) is 17.8. The maximum Gasteiger partial charge on any atom is 0.248 e. The standard InChI is InChI=1S/C18H16BrClF2N2O/c19-13-5-10-7-15(23-9-11(10)6-14(13)20)24-16(25)12-8-17(12)1-3-18(21,22)4-2-17/h5-7,9,12H,1-4,8H2,(H,23,24,25). The number of rotatable bonds is 2. The van der Waals surface area contributed by atoms with Gasteiger partial charge in [-0.1, -0.05) is 11.6 Å². The number of nitrogens with zero attached hydrogens (tertiary/aromatic N) is 1. The number of amides is 1. The normalized spacial score (nSPS) is 23.6. The molecule has 3 nitrogen and oxygen atoms in total. The van der Waals surface area contributed by atoms with Crippen LogP contribution in [-0.2, 0) is 4.79 Å². The average Bonchev–Trinajstić information content (AvgIpc) is 3.27. The van der Waals surface area contributed by atoms with Crippen LogP contribution in [0.3, 0.4) is 0 Å². The van der Waals surface area contributed by atoms with Gasteiger partial charge in [0.05, 0.1) is 5.02 Å². The van der Waals surface area contributed by atoms with E-state index < -0.39 is 5.92 Å². The molecule has 1 unspecified atom stereocenters. The first kappa shape index (κ1) is 17.2. The summed E-state index contributed by atoms with van der Waals surface area (Å²) in [7, 11) is 0. The van der Waals surface area contributed by atoms with E-state index in [1.807, 2.05) is 6.07 Å². The van der Waals surface area contributed by atoms with E-state index in [4.69, 9.17) is 11.6 Å². The van der Waals surface area contributed by atoms with Crippen molar-refractivity contribution in [2.75, 3.05) is 5.32 Å². The lowest BCUT2D eigenvalue weighted by Gasteiger charge is -2.28. The van der Waals surface area contributed by atoms with E-state index >= 15 is 0 Å². The molecule has 2 aliphatic rings. The Morgan fingerprint density at radius 3 is 2.64 bits per heavy atom. The molecule has 7 heteroatoms. The van der Waals surface area contributed by atoms with E-state index in [-0.39, 0.29) is 30.1 Å². The van der Waals surface area contributed by atoms with Crippen molar-refractivity contribution in [1.29, 1.82) is 0 Å². The fourth-order valence-corrected chi connectivity index (χ4v) is 4.34. The van der Waals surface area contributed by atoms with Crippen molar-refractivity contribution >= 4 is 50.0 Å². The summed E-state index contributed by atoms with van der Waals surface area (Å²) in [5.41, 5.74) is -0.223. The molecule has 132 valence electrons. The van der Waals surface area contributed by atoms with Gasteiger partial charge < -0.3 is 5.32 Å². The highest BCUT2D eigenvalue weighted by atomic mass is 79.9. The number of hydrogen-bond donors (Lipinski definition) is 1. The van der Waals surface area contributed by atoms with Crippen molar-refractivity contribution in [2.45, 2.75) is 38.0 Å². The molecule has 25 heavy (non-hydrogen) atoms. The monoisotopic (exact) mass is 428 g/mol.